The van der Waals surface area contributed by atoms with Gasteiger partial charge in [-0.3, -0.25) is 0 Å². The number of hydrogen-bond acceptors (Lipinski definition) is 3. The second-order valence-corrected chi connectivity index (χ2v) is 29.1. The molecule has 3 nitrogen and oxygen atoms in total. The Hall–Kier alpha value is -2.61. The number of allylic oxidation sites excluding steroid dienone is 8. The van der Waals surface area contributed by atoms with Gasteiger partial charge in [-0.15, -0.1) is 0 Å². The van der Waals surface area contributed by atoms with E-state index in [-0.39, 0.29) is 21.7 Å². The Morgan fingerprint density at radius 2 is 0.961 bits per heavy atom. The summed E-state index contributed by atoms with van der Waals surface area (Å²) in [4.78, 5) is 0. The fraction of sp³-hybridized carbons (Fsp3) is 0.565. The standard InChI is InChI=1S/C46H70O3Si2/c1-15-48-41-37(19-17-21-39(41)50(9,10)11)45(27-23-35(24-28-45)43(3,4)5)31-33-47-34-32-46(29-25-36(26-30-46)44(6,7)8)38-20-18-22-40(51(12,13)14)42(38)49-16-2/h17-27,29H,15-16,28,30-34H2,1-14H3. The smallest absolute Gasteiger partial charge is 0.122 e. The average molecular weight is 727 g/mol. The van der Waals surface area contributed by atoms with Gasteiger partial charge in [0.15, 0.2) is 0 Å². The molecule has 0 aliphatic heterocycles. The molecule has 0 saturated heterocycles. The molecule has 2 atom stereocenters. The van der Waals surface area contributed by atoms with Gasteiger partial charge in [-0.1, -0.05) is 154 Å². The van der Waals surface area contributed by atoms with Crippen molar-refractivity contribution in [3.8, 4) is 11.5 Å². The van der Waals surface area contributed by atoms with Crippen molar-refractivity contribution in [1.29, 1.82) is 0 Å². The molecular weight excluding hydrogens is 657 g/mol. The molecule has 0 saturated carbocycles. The minimum atomic E-state index is -1.65. The Balaban J connectivity index is 1.66. The van der Waals surface area contributed by atoms with Gasteiger partial charge in [0, 0.05) is 35.2 Å². The summed E-state index contributed by atoms with van der Waals surface area (Å²) in [5.41, 5.74) is 5.27. The van der Waals surface area contributed by atoms with Crippen molar-refractivity contribution < 1.29 is 14.2 Å². The first kappa shape index (κ1) is 41.2. The summed E-state index contributed by atoms with van der Waals surface area (Å²) < 4.78 is 19.8. The highest BCUT2D eigenvalue weighted by molar-refractivity contribution is 6.89. The molecule has 0 bridgehead atoms. The van der Waals surface area contributed by atoms with Crippen LogP contribution < -0.4 is 19.8 Å². The van der Waals surface area contributed by atoms with Gasteiger partial charge in [-0.2, -0.15) is 0 Å². The van der Waals surface area contributed by atoms with Gasteiger partial charge in [0.2, 0.25) is 0 Å². The Bertz CT molecular complexity index is 1510. The highest BCUT2D eigenvalue weighted by Crippen LogP contribution is 2.46. The van der Waals surface area contributed by atoms with Gasteiger partial charge in [-0.05, 0) is 71.9 Å². The van der Waals surface area contributed by atoms with E-state index in [1.54, 1.807) is 0 Å². The normalized spacial score (nSPS) is 21.4. The van der Waals surface area contributed by atoms with E-state index in [2.05, 4.69) is 168 Å². The summed E-state index contributed by atoms with van der Waals surface area (Å²) in [5.74, 6) is 2.21. The molecular formula is C46H70O3Si2. The zero-order valence-corrected chi connectivity index (χ0v) is 36.8. The van der Waals surface area contributed by atoms with Crippen molar-refractivity contribution in [2.45, 2.75) is 131 Å². The van der Waals surface area contributed by atoms with Gasteiger partial charge in [0.05, 0.1) is 29.4 Å². The van der Waals surface area contributed by atoms with Crippen LogP contribution in [0.15, 0.2) is 84.0 Å². The van der Waals surface area contributed by atoms with Crippen LogP contribution in [0.3, 0.4) is 0 Å². The minimum absolute atomic E-state index is 0.109. The third kappa shape index (κ3) is 9.50. The first-order chi connectivity index (χ1) is 23.7. The maximum absolute atomic E-state index is 6.74. The van der Waals surface area contributed by atoms with E-state index in [0.29, 0.717) is 26.4 Å². The first-order valence-corrected chi connectivity index (χ1v) is 26.6. The summed E-state index contributed by atoms with van der Waals surface area (Å²) in [6.07, 6.45) is 18.3. The quantitative estimate of drug-likeness (QED) is 0.143. The minimum Gasteiger partial charge on any atom is -0.494 e. The van der Waals surface area contributed by atoms with E-state index in [4.69, 9.17) is 14.2 Å². The molecule has 4 rings (SSSR count). The molecule has 0 amide bonds. The lowest BCUT2D eigenvalue weighted by atomic mass is 9.69. The predicted octanol–water partition coefficient (Wildman–Crippen LogP) is 11.4. The number of benzene rings is 2. The van der Waals surface area contributed by atoms with Gasteiger partial charge in [0.1, 0.15) is 11.5 Å². The summed E-state index contributed by atoms with van der Waals surface area (Å²) in [6, 6.07) is 13.8. The van der Waals surface area contributed by atoms with Crippen molar-refractivity contribution in [2.75, 3.05) is 26.4 Å². The summed E-state index contributed by atoms with van der Waals surface area (Å²) in [6.45, 7) is 35.3. The third-order valence-electron chi connectivity index (χ3n) is 10.9. The average Bonchev–Trinajstić information content (AvgIpc) is 3.03. The number of para-hydroxylation sites is 2. The van der Waals surface area contributed by atoms with Crippen LogP contribution in [0, 0.1) is 10.8 Å². The van der Waals surface area contributed by atoms with E-state index in [1.165, 1.54) is 32.6 Å². The largest absolute Gasteiger partial charge is 0.494 e. The summed E-state index contributed by atoms with van der Waals surface area (Å²) in [7, 11) is -3.30. The molecule has 2 aliphatic rings. The zero-order valence-electron chi connectivity index (χ0n) is 34.8. The maximum atomic E-state index is 6.74. The first-order valence-electron chi connectivity index (χ1n) is 19.6. The van der Waals surface area contributed by atoms with E-state index in [0.717, 1.165) is 37.2 Å². The Morgan fingerprint density at radius 1 is 0.588 bits per heavy atom. The lowest BCUT2D eigenvalue weighted by molar-refractivity contribution is 0.106. The van der Waals surface area contributed by atoms with Crippen LogP contribution >= 0.6 is 0 Å². The number of rotatable bonds is 14. The van der Waals surface area contributed by atoms with Crippen LogP contribution in [0.1, 0.15) is 92.2 Å². The molecule has 0 N–H and O–H groups in total. The van der Waals surface area contributed by atoms with E-state index >= 15 is 0 Å². The Morgan fingerprint density at radius 3 is 1.24 bits per heavy atom. The molecule has 2 aromatic carbocycles. The molecule has 0 aromatic heterocycles. The van der Waals surface area contributed by atoms with Crippen molar-refractivity contribution in [3.05, 3.63) is 95.1 Å². The molecule has 51 heavy (non-hydrogen) atoms. The maximum Gasteiger partial charge on any atom is 0.122 e. The van der Waals surface area contributed by atoms with Crippen LogP contribution in [0.2, 0.25) is 39.3 Å². The fourth-order valence-electron chi connectivity index (χ4n) is 7.76. The molecule has 2 aromatic rings. The van der Waals surface area contributed by atoms with Crippen molar-refractivity contribution in [1.82, 2.24) is 0 Å². The molecule has 0 radical (unpaired) electrons. The van der Waals surface area contributed by atoms with Crippen molar-refractivity contribution in [2.24, 2.45) is 10.8 Å². The van der Waals surface area contributed by atoms with Gasteiger partial charge in [0.25, 0.3) is 0 Å². The van der Waals surface area contributed by atoms with Crippen molar-refractivity contribution >= 4 is 26.5 Å². The molecule has 2 unspecified atom stereocenters. The molecule has 0 spiro atoms. The second-order valence-electron chi connectivity index (χ2n) is 19.0. The second kappa shape index (κ2) is 15.8. The molecule has 280 valence electrons. The predicted molar refractivity (Wildman–Crippen MR) is 227 cm³/mol. The lowest BCUT2D eigenvalue weighted by Gasteiger charge is -2.38. The molecule has 5 heteroatoms. The van der Waals surface area contributed by atoms with Gasteiger partial charge in [-0.25, -0.2) is 0 Å². The lowest BCUT2D eigenvalue weighted by Crippen LogP contribution is -2.41. The van der Waals surface area contributed by atoms with E-state index in [1.807, 2.05) is 0 Å². The van der Waals surface area contributed by atoms with Gasteiger partial charge >= 0.3 is 0 Å². The summed E-state index contributed by atoms with van der Waals surface area (Å²) in [5, 5.41) is 2.81. The highest BCUT2D eigenvalue weighted by Gasteiger charge is 2.39. The highest BCUT2D eigenvalue weighted by atomic mass is 28.3. The topological polar surface area (TPSA) is 27.7 Å². The van der Waals surface area contributed by atoms with Crippen LogP contribution in [0.4, 0.5) is 0 Å². The number of hydrogen-bond donors (Lipinski definition) is 0. The summed E-state index contributed by atoms with van der Waals surface area (Å²) >= 11 is 0. The number of ether oxygens (including phenoxy) is 3. The third-order valence-corrected chi connectivity index (χ3v) is 15.0. The van der Waals surface area contributed by atoms with Crippen LogP contribution in [-0.2, 0) is 15.6 Å². The van der Waals surface area contributed by atoms with Crippen LogP contribution in [0.25, 0.3) is 0 Å². The molecule has 0 heterocycles. The molecule has 0 fully saturated rings. The van der Waals surface area contributed by atoms with E-state index < -0.39 is 16.1 Å². The van der Waals surface area contributed by atoms with Crippen LogP contribution in [-0.4, -0.2) is 42.6 Å². The Kier molecular flexibility index (Phi) is 12.7. The van der Waals surface area contributed by atoms with Gasteiger partial charge < -0.3 is 14.2 Å². The van der Waals surface area contributed by atoms with Crippen LogP contribution in [0.5, 0.6) is 11.5 Å². The Labute approximate surface area is 314 Å². The monoisotopic (exact) mass is 726 g/mol. The SMILES string of the molecule is CCOc1c(C2(CCOCCC3(c4cccc([Si](C)(C)C)c4OCC)C=CC(C(C)(C)C)=CC3)C=CC(C(C)(C)C)=CC2)cccc1[Si](C)(C)C. The fourth-order valence-corrected chi connectivity index (χ4v) is 10.7. The molecule has 2 aliphatic carbocycles. The van der Waals surface area contributed by atoms with Crippen molar-refractivity contribution in [3.63, 3.8) is 0 Å². The van der Waals surface area contributed by atoms with E-state index in [9.17, 15) is 0 Å². The zero-order chi connectivity index (χ0) is 37.9.